The molecule has 1 N–H and O–H groups in total. The second-order valence-corrected chi connectivity index (χ2v) is 8.07. The van der Waals surface area contributed by atoms with Crippen molar-refractivity contribution >= 4 is 33.2 Å². The number of para-hydroxylation sites is 1. The fraction of sp³-hybridized carbons (Fsp3) is 0.176. The van der Waals surface area contributed by atoms with E-state index in [4.69, 9.17) is 4.74 Å². The number of nitrogens with zero attached hydrogens (tertiary/aromatic N) is 2. The standard InChI is InChI=1S/C17H17N3O4S2/c1-20-15(17(21)18-11-12-6-5-9-25-12)10-14(19-26(20,22)23)13-7-3-4-8-16(13)24-2/h3-10H,11H2,1-2H3,(H,18,21). The summed E-state index contributed by atoms with van der Waals surface area (Å²) in [6.07, 6.45) is 1.45. The topological polar surface area (TPSA) is 88.1 Å². The highest BCUT2D eigenvalue weighted by molar-refractivity contribution is 7.88. The van der Waals surface area contributed by atoms with Gasteiger partial charge in [-0.2, -0.15) is 8.42 Å². The molecule has 2 aromatic rings. The number of thiophene rings is 1. The number of benzene rings is 1. The third-order valence-corrected chi connectivity index (χ3v) is 5.98. The first-order valence-electron chi connectivity index (χ1n) is 7.67. The number of carbonyl (C=O) groups is 1. The average molecular weight is 391 g/mol. The maximum Gasteiger partial charge on any atom is 0.345 e. The molecule has 136 valence electrons. The summed E-state index contributed by atoms with van der Waals surface area (Å²) in [6, 6.07) is 10.7. The minimum Gasteiger partial charge on any atom is -0.496 e. The summed E-state index contributed by atoms with van der Waals surface area (Å²) in [4.78, 5) is 13.5. The molecule has 3 rings (SSSR count). The summed E-state index contributed by atoms with van der Waals surface area (Å²) in [5.41, 5.74) is 0.648. The van der Waals surface area contributed by atoms with Crippen LogP contribution in [-0.2, 0) is 21.5 Å². The normalized spacial score (nSPS) is 15.8. The lowest BCUT2D eigenvalue weighted by Crippen LogP contribution is -2.38. The molecule has 0 aliphatic carbocycles. The van der Waals surface area contributed by atoms with Crippen LogP contribution >= 0.6 is 11.3 Å². The van der Waals surface area contributed by atoms with Crippen molar-refractivity contribution in [3.8, 4) is 5.75 Å². The van der Waals surface area contributed by atoms with Crippen molar-refractivity contribution < 1.29 is 17.9 Å². The molecule has 26 heavy (non-hydrogen) atoms. The van der Waals surface area contributed by atoms with Gasteiger partial charge in [-0.05, 0) is 29.7 Å². The van der Waals surface area contributed by atoms with Crippen LogP contribution in [0.1, 0.15) is 10.4 Å². The molecule has 1 aliphatic heterocycles. The molecule has 2 heterocycles. The summed E-state index contributed by atoms with van der Waals surface area (Å²) in [5.74, 6) is -0.0210. The molecule has 1 aliphatic rings. The molecule has 7 nitrogen and oxygen atoms in total. The molecule has 0 fully saturated rings. The van der Waals surface area contributed by atoms with Crippen molar-refractivity contribution in [2.24, 2.45) is 4.40 Å². The first kappa shape index (κ1) is 18.2. The van der Waals surface area contributed by atoms with E-state index < -0.39 is 16.1 Å². The second-order valence-electron chi connectivity index (χ2n) is 5.41. The largest absolute Gasteiger partial charge is 0.496 e. The van der Waals surface area contributed by atoms with Crippen molar-refractivity contribution in [2.45, 2.75) is 6.54 Å². The van der Waals surface area contributed by atoms with Crippen molar-refractivity contribution in [2.75, 3.05) is 14.2 Å². The highest BCUT2D eigenvalue weighted by Gasteiger charge is 2.30. The second kappa shape index (κ2) is 7.30. The lowest BCUT2D eigenvalue weighted by molar-refractivity contribution is -0.118. The Bertz CT molecular complexity index is 979. The molecule has 0 saturated heterocycles. The minimum absolute atomic E-state index is 0.00235. The number of rotatable bonds is 5. The van der Waals surface area contributed by atoms with E-state index in [2.05, 4.69) is 9.71 Å². The monoisotopic (exact) mass is 391 g/mol. The average Bonchev–Trinajstić information content (AvgIpc) is 3.15. The third-order valence-electron chi connectivity index (χ3n) is 3.79. The zero-order valence-corrected chi connectivity index (χ0v) is 15.8. The van der Waals surface area contributed by atoms with Gasteiger partial charge in [0.15, 0.2) is 0 Å². The Balaban J connectivity index is 1.94. The quantitative estimate of drug-likeness (QED) is 0.844. The summed E-state index contributed by atoms with van der Waals surface area (Å²) in [5, 5.41) is 4.64. The van der Waals surface area contributed by atoms with Crippen LogP contribution in [0, 0.1) is 0 Å². The van der Waals surface area contributed by atoms with Crippen LogP contribution in [0.15, 0.2) is 57.9 Å². The smallest absolute Gasteiger partial charge is 0.345 e. The number of amides is 1. The maximum absolute atomic E-state index is 12.6. The highest BCUT2D eigenvalue weighted by Crippen LogP contribution is 2.25. The number of hydrogen-bond acceptors (Lipinski definition) is 5. The van der Waals surface area contributed by atoms with Gasteiger partial charge in [0.05, 0.1) is 19.4 Å². The Labute approximate surface area is 155 Å². The van der Waals surface area contributed by atoms with E-state index in [0.29, 0.717) is 17.9 Å². The van der Waals surface area contributed by atoms with E-state index in [0.717, 1.165) is 9.18 Å². The van der Waals surface area contributed by atoms with Crippen LogP contribution in [0.2, 0.25) is 0 Å². The number of hydrogen-bond donors (Lipinski definition) is 1. The van der Waals surface area contributed by atoms with Gasteiger partial charge >= 0.3 is 10.2 Å². The molecule has 0 bridgehead atoms. The molecule has 0 unspecified atom stereocenters. The Morgan fingerprint density at radius 2 is 2.04 bits per heavy atom. The maximum atomic E-state index is 12.6. The van der Waals surface area contributed by atoms with Gasteiger partial charge in [-0.15, -0.1) is 15.7 Å². The van der Waals surface area contributed by atoms with Gasteiger partial charge < -0.3 is 10.1 Å². The molecule has 1 aromatic carbocycles. The van der Waals surface area contributed by atoms with E-state index in [1.54, 1.807) is 24.3 Å². The summed E-state index contributed by atoms with van der Waals surface area (Å²) >= 11 is 1.51. The van der Waals surface area contributed by atoms with E-state index >= 15 is 0 Å². The van der Waals surface area contributed by atoms with Crippen LogP contribution in [-0.4, -0.2) is 38.5 Å². The first-order chi connectivity index (χ1) is 12.4. The summed E-state index contributed by atoms with van der Waals surface area (Å²) in [7, 11) is -1.22. The van der Waals surface area contributed by atoms with Crippen LogP contribution in [0.3, 0.4) is 0 Å². The highest BCUT2D eigenvalue weighted by atomic mass is 32.2. The Morgan fingerprint density at radius 1 is 1.27 bits per heavy atom. The van der Waals surface area contributed by atoms with Gasteiger partial charge in [-0.25, -0.2) is 4.31 Å². The first-order valence-corrected chi connectivity index (χ1v) is 9.94. The van der Waals surface area contributed by atoms with Crippen LogP contribution in [0.25, 0.3) is 0 Å². The van der Waals surface area contributed by atoms with Crippen LogP contribution in [0.5, 0.6) is 5.75 Å². The van der Waals surface area contributed by atoms with Gasteiger partial charge in [-0.1, -0.05) is 18.2 Å². The van der Waals surface area contributed by atoms with Gasteiger partial charge in [0.25, 0.3) is 5.91 Å². The van der Waals surface area contributed by atoms with E-state index in [1.165, 1.54) is 31.6 Å². The molecule has 0 spiro atoms. The fourth-order valence-electron chi connectivity index (χ4n) is 2.42. The van der Waals surface area contributed by atoms with Crippen molar-refractivity contribution in [1.29, 1.82) is 0 Å². The van der Waals surface area contributed by atoms with Gasteiger partial charge in [0.2, 0.25) is 0 Å². The SMILES string of the molecule is COc1ccccc1C1=NS(=O)(=O)N(C)C(C(=O)NCc2cccs2)=C1. The Morgan fingerprint density at radius 3 is 2.73 bits per heavy atom. The lowest BCUT2D eigenvalue weighted by Gasteiger charge is -2.24. The molecule has 1 amide bonds. The molecule has 0 atom stereocenters. The number of nitrogens with one attached hydrogen (secondary N) is 1. The summed E-state index contributed by atoms with van der Waals surface area (Å²) < 4.78 is 34.7. The van der Waals surface area contributed by atoms with Crippen molar-refractivity contribution in [3.05, 3.63) is 64.0 Å². The van der Waals surface area contributed by atoms with E-state index in [9.17, 15) is 13.2 Å². The number of carbonyl (C=O) groups excluding carboxylic acids is 1. The molecule has 1 aromatic heterocycles. The number of allylic oxidation sites excluding steroid dienone is 1. The molecule has 0 radical (unpaired) electrons. The number of ether oxygens (including phenoxy) is 1. The Hall–Kier alpha value is -2.65. The van der Waals surface area contributed by atoms with E-state index in [1.807, 2.05) is 17.5 Å². The third kappa shape index (κ3) is 3.63. The number of methoxy groups -OCH3 is 1. The minimum atomic E-state index is -4.01. The lowest BCUT2D eigenvalue weighted by atomic mass is 10.1. The molecule has 9 heteroatoms. The fourth-order valence-corrected chi connectivity index (χ4v) is 3.97. The Kier molecular flexibility index (Phi) is 5.10. The van der Waals surface area contributed by atoms with Gasteiger partial charge in [0.1, 0.15) is 11.4 Å². The molecule has 0 saturated carbocycles. The van der Waals surface area contributed by atoms with Gasteiger partial charge in [-0.3, -0.25) is 4.79 Å². The summed E-state index contributed by atoms with van der Waals surface area (Å²) in [6.45, 7) is 0.322. The van der Waals surface area contributed by atoms with E-state index in [-0.39, 0.29) is 11.4 Å². The predicted molar refractivity (Wildman–Crippen MR) is 100 cm³/mol. The molecular weight excluding hydrogens is 374 g/mol. The zero-order chi connectivity index (χ0) is 18.7. The van der Waals surface area contributed by atoms with Crippen molar-refractivity contribution in [1.82, 2.24) is 9.62 Å². The zero-order valence-electron chi connectivity index (χ0n) is 14.2. The predicted octanol–water partition coefficient (Wildman–Crippen LogP) is 1.94. The number of likely N-dealkylation sites (N-methyl/N-ethyl adjacent to an activating group) is 1. The molecular formula is C17H17N3O4S2. The van der Waals surface area contributed by atoms with Gasteiger partial charge in [0, 0.05) is 17.5 Å². The van der Waals surface area contributed by atoms with Crippen molar-refractivity contribution in [3.63, 3.8) is 0 Å². The van der Waals surface area contributed by atoms with Crippen LogP contribution in [0.4, 0.5) is 0 Å². The van der Waals surface area contributed by atoms with Crippen LogP contribution < -0.4 is 10.1 Å².